The first kappa shape index (κ1) is 17.6. The highest BCUT2D eigenvalue weighted by molar-refractivity contribution is 5.75. The Balaban J connectivity index is 2.06. The molecule has 128 valence electrons. The van der Waals surface area contributed by atoms with Crippen molar-refractivity contribution in [3.63, 3.8) is 0 Å². The van der Waals surface area contributed by atoms with Crippen molar-refractivity contribution in [1.29, 1.82) is 0 Å². The van der Waals surface area contributed by atoms with Gasteiger partial charge in [0.25, 0.3) is 0 Å². The third kappa shape index (κ3) is 4.86. The summed E-state index contributed by atoms with van der Waals surface area (Å²) < 4.78 is 5.66. The number of hydrogen-bond acceptors (Lipinski definition) is 3. The van der Waals surface area contributed by atoms with Crippen LogP contribution in [0.3, 0.4) is 0 Å². The van der Waals surface area contributed by atoms with Gasteiger partial charge in [0.15, 0.2) is 0 Å². The molecule has 0 bridgehead atoms. The molecule has 1 aliphatic rings. The van der Waals surface area contributed by atoms with Crippen molar-refractivity contribution in [2.75, 3.05) is 26.3 Å². The number of aliphatic hydroxyl groups is 1. The predicted molar refractivity (Wildman–Crippen MR) is 90.7 cm³/mol. The van der Waals surface area contributed by atoms with Gasteiger partial charge in [-0.1, -0.05) is 38.5 Å². The number of urea groups is 1. The van der Waals surface area contributed by atoms with Crippen LogP contribution in [-0.4, -0.2) is 42.3 Å². The van der Waals surface area contributed by atoms with E-state index in [4.69, 9.17) is 9.84 Å². The Morgan fingerprint density at radius 3 is 2.83 bits per heavy atom. The molecule has 0 saturated heterocycles. The second-order valence-corrected chi connectivity index (χ2v) is 7.41. The van der Waals surface area contributed by atoms with Crippen LogP contribution in [0.1, 0.15) is 44.4 Å². The van der Waals surface area contributed by atoms with Gasteiger partial charge in [0.05, 0.1) is 6.04 Å². The third-order valence-corrected chi connectivity index (χ3v) is 3.78. The van der Waals surface area contributed by atoms with Crippen LogP contribution in [0.4, 0.5) is 4.79 Å². The third-order valence-electron chi connectivity index (χ3n) is 3.78. The number of rotatable bonds is 5. The molecule has 23 heavy (non-hydrogen) atoms. The van der Waals surface area contributed by atoms with Crippen LogP contribution in [0.15, 0.2) is 18.2 Å². The van der Waals surface area contributed by atoms with Crippen LogP contribution in [0.5, 0.6) is 5.75 Å². The number of nitrogens with one attached hydrogen (secondary N) is 1. The highest BCUT2D eigenvalue weighted by atomic mass is 16.5. The van der Waals surface area contributed by atoms with Gasteiger partial charge in [-0.3, -0.25) is 0 Å². The molecule has 0 radical (unpaired) electrons. The van der Waals surface area contributed by atoms with Crippen molar-refractivity contribution in [3.05, 3.63) is 29.3 Å². The molecule has 5 nitrogen and oxygen atoms in total. The van der Waals surface area contributed by atoms with E-state index >= 15 is 0 Å². The van der Waals surface area contributed by atoms with Gasteiger partial charge >= 0.3 is 6.03 Å². The van der Waals surface area contributed by atoms with E-state index in [9.17, 15) is 4.79 Å². The highest BCUT2D eigenvalue weighted by Crippen LogP contribution is 2.33. The molecule has 5 heteroatoms. The van der Waals surface area contributed by atoms with E-state index < -0.39 is 0 Å². The number of carbonyl (C=O) groups excluding carboxylic acids is 1. The summed E-state index contributed by atoms with van der Waals surface area (Å²) in [4.78, 5) is 14.4. The minimum atomic E-state index is -0.117. The fraction of sp³-hybridized carbons (Fsp3) is 0.611. The number of aryl methyl sites for hydroxylation is 1. The minimum Gasteiger partial charge on any atom is -0.491 e. The molecule has 1 aromatic rings. The second-order valence-electron chi connectivity index (χ2n) is 7.41. The summed E-state index contributed by atoms with van der Waals surface area (Å²) in [7, 11) is 0. The normalized spacial score (nSPS) is 16.7. The minimum absolute atomic E-state index is 0.00741. The zero-order chi connectivity index (χ0) is 17.0. The number of hydrogen-bond donors (Lipinski definition) is 2. The molecule has 0 spiro atoms. The van der Waals surface area contributed by atoms with Crippen molar-refractivity contribution in [1.82, 2.24) is 10.2 Å². The smallest absolute Gasteiger partial charge is 0.318 e. The Labute approximate surface area is 138 Å². The summed E-state index contributed by atoms with van der Waals surface area (Å²) >= 11 is 0. The maximum Gasteiger partial charge on any atom is 0.318 e. The van der Waals surface area contributed by atoms with Gasteiger partial charge < -0.3 is 20.1 Å². The number of fused-ring (bicyclic) bond motifs is 1. The summed E-state index contributed by atoms with van der Waals surface area (Å²) in [6.07, 6.45) is 0.584. The quantitative estimate of drug-likeness (QED) is 0.877. The molecule has 1 aromatic carbocycles. The molecule has 1 atom stereocenters. The Hall–Kier alpha value is -1.75. The lowest BCUT2D eigenvalue weighted by Gasteiger charge is -2.31. The van der Waals surface area contributed by atoms with Crippen molar-refractivity contribution < 1.29 is 14.6 Å². The molecule has 0 aliphatic carbocycles. The average Bonchev–Trinajstić information content (AvgIpc) is 2.84. The summed E-state index contributed by atoms with van der Waals surface area (Å²) in [5.41, 5.74) is 2.20. The Kier molecular flexibility index (Phi) is 5.52. The lowest BCUT2D eigenvalue weighted by molar-refractivity contribution is 0.160. The van der Waals surface area contributed by atoms with Crippen molar-refractivity contribution >= 4 is 6.03 Å². The largest absolute Gasteiger partial charge is 0.491 e. The van der Waals surface area contributed by atoms with Crippen molar-refractivity contribution in [2.45, 2.75) is 40.2 Å². The van der Waals surface area contributed by atoms with Crippen LogP contribution in [0, 0.1) is 12.3 Å². The van der Waals surface area contributed by atoms with Gasteiger partial charge in [-0.05, 0) is 24.8 Å². The van der Waals surface area contributed by atoms with E-state index in [1.807, 2.05) is 19.1 Å². The molecule has 0 saturated carbocycles. The van der Waals surface area contributed by atoms with Crippen molar-refractivity contribution in [3.8, 4) is 5.75 Å². The molecule has 1 aliphatic heterocycles. The van der Waals surface area contributed by atoms with Gasteiger partial charge in [-0.2, -0.15) is 0 Å². The number of aliphatic hydroxyl groups excluding tert-OH is 1. The van der Waals surface area contributed by atoms with Gasteiger partial charge in [-0.25, -0.2) is 4.79 Å². The fourth-order valence-electron chi connectivity index (χ4n) is 2.78. The first-order valence-electron chi connectivity index (χ1n) is 8.20. The van der Waals surface area contributed by atoms with E-state index in [-0.39, 0.29) is 24.1 Å². The molecule has 2 amide bonds. The van der Waals surface area contributed by atoms with Crippen molar-refractivity contribution in [2.24, 2.45) is 5.41 Å². The Morgan fingerprint density at radius 1 is 1.43 bits per heavy atom. The van der Waals surface area contributed by atoms with Crippen LogP contribution < -0.4 is 10.1 Å². The molecular weight excluding hydrogens is 292 g/mol. The molecule has 1 heterocycles. The Bertz CT molecular complexity index is 552. The molecule has 1 unspecified atom stereocenters. The lowest BCUT2D eigenvalue weighted by atomic mass is 9.96. The predicted octanol–water partition coefficient (Wildman–Crippen LogP) is 2.87. The summed E-state index contributed by atoms with van der Waals surface area (Å²) in [6, 6.07) is 5.81. The van der Waals surface area contributed by atoms with E-state index in [2.05, 4.69) is 32.2 Å². The van der Waals surface area contributed by atoms with Gasteiger partial charge in [0.2, 0.25) is 0 Å². The zero-order valence-electron chi connectivity index (χ0n) is 14.6. The number of ether oxygens (including phenoxy) is 1. The number of carbonyl (C=O) groups is 1. The maximum atomic E-state index is 12.7. The average molecular weight is 320 g/mol. The standard InChI is InChI=1S/C18H28N2O3/c1-13-6-7-16-14(10-13)15(11-23-16)19-17(22)20(8-5-9-21)12-18(2,3)4/h6-7,10,15,21H,5,8-9,11-12H2,1-4H3,(H,19,22). The molecule has 0 aromatic heterocycles. The van der Waals surface area contributed by atoms with Crippen LogP contribution in [0.25, 0.3) is 0 Å². The van der Waals surface area contributed by atoms with E-state index in [0.29, 0.717) is 26.1 Å². The van der Waals surface area contributed by atoms with Crippen LogP contribution in [-0.2, 0) is 0 Å². The fourth-order valence-corrected chi connectivity index (χ4v) is 2.78. The van der Waals surface area contributed by atoms with Crippen LogP contribution in [0.2, 0.25) is 0 Å². The molecule has 0 fully saturated rings. The van der Waals surface area contributed by atoms with E-state index in [0.717, 1.165) is 16.9 Å². The van der Waals surface area contributed by atoms with Crippen LogP contribution >= 0.6 is 0 Å². The Morgan fingerprint density at radius 2 is 2.17 bits per heavy atom. The lowest BCUT2D eigenvalue weighted by Crippen LogP contribution is -2.46. The topological polar surface area (TPSA) is 61.8 Å². The summed E-state index contributed by atoms with van der Waals surface area (Å²) in [5.74, 6) is 0.846. The number of benzene rings is 1. The number of amides is 2. The molecule has 2 N–H and O–H groups in total. The van der Waals surface area contributed by atoms with Gasteiger partial charge in [-0.15, -0.1) is 0 Å². The van der Waals surface area contributed by atoms with E-state index in [1.165, 1.54) is 0 Å². The number of nitrogens with zero attached hydrogens (tertiary/aromatic N) is 1. The highest BCUT2D eigenvalue weighted by Gasteiger charge is 2.28. The first-order valence-corrected chi connectivity index (χ1v) is 8.20. The monoisotopic (exact) mass is 320 g/mol. The summed E-state index contributed by atoms with van der Waals surface area (Å²) in [6.45, 7) is 10.1. The molecular formula is C18H28N2O3. The van der Waals surface area contributed by atoms with E-state index in [1.54, 1.807) is 4.90 Å². The maximum absolute atomic E-state index is 12.7. The summed E-state index contributed by atoms with van der Waals surface area (Å²) in [5, 5.41) is 12.1. The van der Waals surface area contributed by atoms with Gasteiger partial charge in [0, 0.05) is 25.3 Å². The molecule has 2 rings (SSSR count). The first-order chi connectivity index (χ1) is 10.8. The second kappa shape index (κ2) is 7.21. The zero-order valence-corrected chi connectivity index (χ0v) is 14.6. The van der Waals surface area contributed by atoms with Gasteiger partial charge in [0.1, 0.15) is 12.4 Å². The SMILES string of the molecule is Cc1ccc2c(c1)C(NC(=O)N(CCCO)CC(C)(C)C)CO2.